The molecular weight excluding hydrogens is 627 g/mol. The minimum Gasteiger partial charge on any atom is -0.309 e. The van der Waals surface area contributed by atoms with Crippen LogP contribution >= 0.6 is 0 Å². The summed E-state index contributed by atoms with van der Waals surface area (Å²) in [6.45, 7) is 23.0. The van der Waals surface area contributed by atoms with Crippen LogP contribution in [0.5, 0.6) is 0 Å². The fraction of sp³-hybridized carbons (Fsp3) is 0.176. The Balaban J connectivity index is 0.000000341. The fourth-order valence-corrected chi connectivity index (χ4v) is 7.31. The molecule has 0 unspecified atom stereocenters. The van der Waals surface area contributed by atoms with E-state index in [1.54, 1.807) is 0 Å². The fourth-order valence-electron chi connectivity index (χ4n) is 7.31. The van der Waals surface area contributed by atoms with E-state index in [0.29, 0.717) is 6.04 Å². The molecule has 0 aliphatic carbocycles. The van der Waals surface area contributed by atoms with Crippen molar-refractivity contribution in [1.82, 2.24) is 0 Å². The zero-order valence-corrected chi connectivity index (χ0v) is 31.6. The lowest BCUT2D eigenvalue weighted by Crippen LogP contribution is -2.14. The van der Waals surface area contributed by atoms with E-state index in [0.717, 1.165) is 39.1 Å². The Kier molecular flexibility index (Phi) is 8.68. The molecule has 8 aromatic rings. The lowest BCUT2D eigenvalue weighted by atomic mass is 9.80. The molecule has 0 heterocycles. The van der Waals surface area contributed by atoms with Gasteiger partial charge in [0.1, 0.15) is 0 Å². The highest BCUT2D eigenvalue weighted by Gasteiger charge is 2.25. The molecule has 0 spiro atoms. The number of benzene rings is 8. The average molecular weight is 677 g/mol. The second-order valence-electron chi connectivity index (χ2n) is 16.0. The van der Waals surface area contributed by atoms with Crippen molar-refractivity contribution in [3.05, 3.63) is 174 Å². The van der Waals surface area contributed by atoms with Crippen LogP contribution in [0.3, 0.4) is 0 Å². The molecule has 0 N–H and O–H groups in total. The second-order valence-corrected chi connectivity index (χ2v) is 16.0. The molecule has 0 amide bonds. The van der Waals surface area contributed by atoms with Gasteiger partial charge < -0.3 is 4.90 Å². The summed E-state index contributed by atoms with van der Waals surface area (Å²) in [4.78, 5) is 2.41. The standard InChI is InChI=1S/C40H37N.C11H12/c1-39(2,3)30-21-27-19-20-28-22-31(40(4,5)6)25-34-36(24-29(23-30)37(27)38(28)34)41(32-15-8-7-9-16-32)35-18-12-14-26-13-10-11-17-33(26)35;1-4-10-6-9(3)7-11(5-2)8-10/h7-25H,1-6H3;4-8H,1-2H2,3H3/i23D;. The maximum atomic E-state index is 9.54. The normalized spacial score (nSPS) is 12.2. The van der Waals surface area contributed by atoms with Crippen molar-refractivity contribution in [2.75, 3.05) is 4.90 Å². The predicted molar refractivity (Wildman–Crippen MR) is 231 cm³/mol. The summed E-state index contributed by atoms with van der Waals surface area (Å²) in [6, 6.07) is 46.6. The molecule has 0 aromatic heterocycles. The van der Waals surface area contributed by atoms with Crippen LogP contribution in [-0.2, 0) is 10.8 Å². The zero-order valence-electron chi connectivity index (χ0n) is 32.6. The smallest absolute Gasteiger partial charge is 0.0632 e. The van der Waals surface area contributed by atoms with Crippen molar-refractivity contribution >= 4 is 72.3 Å². The first-order chi connectivity index (χ1) is 25.3. The minimum atomic E-state index is -0.143. The van der Waals surface area contributed by atoms with Gasteiger partial charge in [0.05, 0.1) is 12.7 Å². The van der Waals surface area contributed by atoms with Gasteiger partial charge >= 0.3 is 0 Å². The zero-order chi connectivity index (χ0) is 37.7. The topological polar surface area (TPSA) is 3.24 Å². The lowest BCUT2D eigenvalue weighted by Gasteiger charge is -2.30. The number of para-hydroxylation sites is 1. The summed E-state index contributed by atoms with van der Waals surface area (Å²) in [5.74, 6) is 0. The lowest BCUT2D eigenvalue weighted by molar-refractivity contribution is 0.591. The Labute approximate surface area is 311 Å². The molecule has 0 saturated heterocycles. The number of hydrogen-bond donors (Lipinski definition) is 0. The van der Waals surface area contributed by atoms with E-state index in [-0.39, 0.29) is 10.8 Å². The number of aryl methyl sites for hydroxylation is 1. The molecule has 0 bridgehead atoms. The minimum absolute atomic E-state index is 0.0151. The number of anilines is 3. The van der Waals surface area contributed by atoms with Gasteiger partial charge in [-0.15, -0.1) is 0 Å². The van der Waals surface area contributed by atoms with Gasteiger partial charge in [0, 0.05) is 16.5 Å². The monoisotopic (exact) mass is 676 g/mol. The second kappa shape index (κ2) is 13.5. The van der Waals surface area contributed by atoms with E-state index in [1.165, 1.54) is 48.8 Å². The summed E-state index contributed by atoms with van der Waals surface area (Å²) >= 11 is 0. The maximum absolute atomic E-state index is 9.54. The van der Waals surface area contributed by atoms with E-state index >= 15 is 0 Å². The summed E-state index contributed by atoms with van der Waals surface area (Å²) in [6.07, 6.45) is 3.69. The molecule has 0 atom stereocenters. The highest BCUT2D eigenvalue weighted by Crippen LogP contribution is 2.48. The summed E-state index contributed by atoms with van der Waals surface area (Å²) in [5.41, 5.74) is 9.12. The van der Waals surface area contributed by atoms with Crippen molar-refractivity contribution in [3.63, 3.8) is 0 Å². The molecule has 0 aliphatic rings. The number of rotatable bonds is 5. The quantitative estimate of drug-likeness (QED) is 0.164. The summed E-state index contributed by atoms with van der Waals surface area (Å²) in [7, 11) is 0. The number of nitrogens with zero attached hydrogens (tertiary/aromatic N) is 1. The molecule has 0 radical (unpaired) electrons. The molecule has 0 saturated carbocycles. The van der Waals surface area contributed by atoms with Crippen molar-refractivity contribution in [3.8, 4) is 0 Å². The van der Waals surface area contributed by atoms with Crippen LogP contribution in [-0.4, -0.2) is 0 Å². The van der Waals surface area contributed by atoms with E-state index in [9.17, 15) is 1.37 Å². The van der Waals surface area contributed by atoms with Gasteiger partial charge in [-0.25, -0.2) is 0 Å². The summed E-state index contributed by atoms with van der Waals surface area (Å²) in [5, 5.41) is 9.50. The average Bonchev–Trinajstić information content (AvgIpc) is 3.14. The molecule has 258 valence electrons. The SMILES string of the molecule is C=Cc1cc(C)cc(C=C)c1.[2H]c1c(C(C)(C)C)cc2ccc3cc(C(C)(C)C)cc4c(N(c5ccccc5)c5cccc6ccccc56)cc1c2c34. The highest BCUT2D eigenvalue weighted by molar-refractivity contribution is 6.27. The van der Waals surface area contributed by atoms with Crippen molar-refractivity contribution in [2.24, 2.45) is 0 Å². The number of fused-ring (bicyclic) bond motifs is 1. The Morgan fingerprint density at radius 2 is 1.12 bits per heavy atom. The Morgan fingerprint density at radius 3 is 1.77 bits per heavy atom. The van der Waals surface area contributed by atoms with Crippen LogP contribution in [0.2, 0.25) is 0 Å². The molecule has 52 heavy (non-hydrogen) atoms. The van der Waals surface area contributed by atoms with Gasteiger partial charge in [0.15, 0.2) is 0 Å². The molecule has 8 aromatic carbocycles. The molecule has 0 aliphatic heterocycles. The van der Waals surface area contributed by atoms with Crippen LogP contribution in [0.25, 0.3) is 55.2 Å². The molecule has 1 nitrogen and oxygen atoms in total. The molecule has 1 heteroatoms. The van der Waals surface area contributed by atoms with Gasteiger partial charge in [-0.1, -0.05) is 164 Å². The van der Waals surface area contributed by atoms with Crippen LogP contribution in [0.1, 0.15) is 70.7 Å². The Hall–Kier alpha value is -5.66. The van der Waals surface area contributed by atoms with Crippen molar-refractivity contribution in [1.29, 1.82) is 0 Å². The van der Waals surface area contributed by atoms with E-state index in [4.69, 9.17) is 0 Å². The Morgan fingerprint density at radius 1 is 0.519 bits per heavy atom. The predicted octanol–water partition coefficient (Wildman–Crippen LogP) is 15.1. The first-order valence-electron chi connectivity index (χ1n) is 18.7. The maximum Gasteiger partial charge on any atom is 0.0632 e. The van der Waals surface area contributed by atoms with Crippen LogP contribution in [0.4, 0.5) is 17.1 Å². The highest BCUT2D eigenvalue weighted by atomic mass is 15.1. The van der Waals surface area contributed by atoms with Crippen LogP contribution < -0.4 is 4.90 Å². The van der Waals surface area contributed by atoms with Crippen LogP contribution in [0.15, 0.2) is 147 Å². The first kappa shape index (κ1) is 33.5. The van der Waals surface area contributed by atoms with Crippen LogP contribution in [0, 0.1) is 6.92 Å². The summed E-state index contributed by atoms with van der Waals surface area (Å²) < 4.78 is 9.54. The van der Waals surface area contributed by atoms with Gasteiger partial charge in [0.25, 0.3) is 0 Å². The third-order valence-corrected chi connectivity index (χ3v) is 10.1. The number of hydrogen-bond acceptors (Lipinski definition) is 1. The third kappa shape index (κ3) is 6.60. The third-order valence-electron chi connectivity index (χ3n) is 10.1. The van der Waals surface area contributed by atoms with Gasteiger partial charge in [-0.3, -0.25) is 0 Å². The molecular formula is C51H49N. The van der Waals surface area contributed by atoms with E-state index in [2.05, 4.69) is 194 Å². The first-order valence-corrected chi connectivity index (χ1v) is 18.2. The van der Waals surface area contributed by atoms with Gasteiger partial charge in [-0.05, 0) is 114 Å². The molecule has 0 fully saturated rings. The van der Waals surface area contributed by atoms with Gasteiger partial charge in [0.2, 0.25) is 0 Å². The Bertz CT molecular complexity index is 2600. The van der Waals surface area contributed by atoms with E-state index in [1.807, 2.05) is 12.2 Å². The largest absolute Gasteiger partial charge is 0.309 e. The van der Waals surface area contributed by atoms with Crippen molar-refractivity contribution < 1.29 is 1.37 Å². The molecule has 8 rings (SSSR count). The van der Waals surface area contributed by atoms with Crippen molar-refractivity contribution in [2.45, 2.75) is 59.3 Å². The van der Waals surface area contributed by atoms with E-state index < -0.39 is 0 Å². The van der Waals surface area contributed by atoms with Gasteiger partial charge in [-0.2, -0.15) is 0 Å².